The van der Waals surface area contributed by atoms with Crippen LogP contribution in [0.4, 0.5) is 0 Å². The van der Waals surface area contributed by atoms with Crippen molar-refractivity contribution in [1.29, 1.82) is 0 Å². The Balaban J connectivity index is 2.36. The number of ketones is 1. The van der Waals surface area contributed by atoms with E-state index in [-0.39, 0.29) is 17.6 Å². The highest BCUT2D eigenvalue weighted by Crippen LogP contribution is 2.26. The molecule has 2 aromatic rings. The highest BCUT2D eigenvalue weighted by Gasteiger charge is 2.21. The highest BCUT2D eigenvalue weighted by atomic mass is 35.5. The lowest BCUT2D eigenvalue weighted by molar-refractivity contribution is 0.0955. The molecule has 1 aromatic carbocycles. The van der Waals surface area contributed by atoms with Crippen LogP contribution >= 0.6 is 11.6 Å². The van der Waals surface area contributed by atoms with Gasteiger partial charge in [-0.3, -0.25) is 9.59 Å². The Kier molecular flexibility index (Phi) is 2.59. The van der Waals surface area contributed by atoms with Crippen LogP contribution in [0.5, 0.6) is 0 Å². The minimum Gasteiger partial charge on any atom is -0.350 e. The maximum Gasteiger partial charge on any atom is 0.253 e. The number of benzene rings is 1. The quantitative estimate of drug-likeness (QED) is 0.663. The van der Waals surface area contributed by atoms with Crippen LogP contribution in [0.15, 0.2) is 24.4 Å². The molecule has 3 rings (SSSR count). The van der Waals surface area contributed by atoms with Gasteiger partial charge in [0.05, 0.1) is 17.0 Å². The average Bonchev–Trinajstić information content (AvgIpc) is 2.68. The minimum absolute atomic E-state index is 0.0461. The third kappa shape index (κ3) is 1.53. The van der Waals surface area contributed by atoms with Gasteiger partial charge in [-0.25, -0.2) is 0 Å². The third-order valence-electron chi connectivity index (χ3n) is 3.20. The van der Waals surface area contributed by atoms with E-state index in [0.29, 0.717) is 24.2 Å². The Labute approximate surface area is 109 Å². The van der Waals surface area contributed by atoms with Gasteiger partial charge in [-0.1, -0.05) is 12.1 Å². The maximum atomic E-state index is 11.9. The van der Waals surface area contributed by atoms with E-state index in [1.54, 1.807) is 18.3 Å². The molecule has 0 saturated carbocycles. The Morgan fingerprint density at radius 3 is 3.06 bits per heavy atom. The molecule has 0 spiro atoms. The first kappa shape index (κ1) is 11.3. The van der Waals surface area contributed by atoms with Gasteiger partial charge in [0, 0.05) is 30.2 Å². The molecule has 0 fully saturated rings. The van der Waals surface area contributed by atoms with Crippen molar-refractivity contribution >= 4 is 34.2 Å². The van der Waals surface area contributed by atoms with E-state index in [1.807, 2.05) is 10.6 Å². The Hall–Kier alpha value is -1.81. The summed E-state index contributed by atoms with van der Waals surface area (Å²) in [5.41, 5.74) is 2.02. The number of hydrogen-bond donors (Lipinski definition) is 1. The van der Waals surface area contributed by atoms with Crippen LogP contribution in [-0.4, -0.2) is 28.7 Å². The number of halogens is 1. The van der Waals surface area contributed by atoms with Gasteiger partial charge in [-0.15, -0.1) is 11.6 Å². The van der Waals surface area contributed by atoms with Crippen LogP contribution < -0.4 is 5.32 Å². The second-order valence-corrected chi connectivity index (χ2v) is 4.52. The predicted octanol–water partition coefficient (Wildman–Crippen LogP) is 1.81. The first-order valence-electron chi connectivity index (χ1n) is 5.71. The van der Waals surface area contributed by atoms with E-state index in [1.165, 1.54) is 0 Å². The topological polar surface area (TPSA) is 51.1 Å². The first-order valence-corrected chi connectivity index (χ1v) is 6.25. The number of para-hydroxylation sites is 1. The SMILES string of the molecule is O=C(CCl)c1cn2c3c(cccc13)C(=O)NCC2. The molecule has 1 aromatic heterocycles. The molecule has 0 aliphatic carbocycles. The van der Waals surface area contributed by atoms with E-state index in [4.69, 9.17) is 11.6 Å². The van der Waals surface area contributed by atoms with Crippen molar-refractivity contribution in [2.75, 3.05) is 12.4 Å². The number of aromatic nitrogens is 1. The van der Waals surface area contributed by atoms with Gasteiger partial charge in [0.2, 0.25) is 0 Å². The first-order chi connectivity index (χ1) is 8.72. The molecule has 18 heavy (non-hydrogen) atoms. The Morgan fingerprint density at radius 1 is 1.44 bits per heavy atom. The second-order valence-electron chi connectivity index (χ2n) is 4.25. The van der Waals surface area contributed by atoms with Gasteiger partial charge in [0.1, 0.15) is 0 Å². The summed E-state index contributed by atoms with van der Waals surface area (Å²) in [5.74, 6) is -0.254. The fourth-order valence-electron chi connectivity index (χ4n) is 2.40. The number of carbonyl (C=O) groups is 2. The predicted molar refractivity (Wildman–Crippen MR) is 69.3 cm³/mol. The van der Waals surface area contributed by atoms with Crippen molar-refractivity contribution < 1.29 is 9.59 Å². The summed E-state index contributed by atoms with van der Waals surface area (Å²) in [7, 11) is 0. The zero-order valence-corrected chi connectivity index (χ0v) is 10.3. The van der Waals surface area contributed by atoms with Gasteiger partial charge in [0.25, 0.3) is 5.91 Å². The molecule has 1 aliphatic heterocycles. The van der Waals surface area contributed by atoms with Gasteiger partial charge in [0.15, 0.2) is 5.78 Å². The van der Waals surface area contributed by atoms with Gasteiger partial charge >= 0.3 is 0 Å². The van der Waals surface area contributed by atoms with Crippen molar-refractivity contribution in [3.8, 4) is 0 Å². The molecule has 92 valence electrons. The van der Waals surface area contributed by atoms with Crippen molar-refractivity contribution in [2.24, 2.45) is 0 Å². The number of hydrogen-bond acceptors (Lipinski definition) is 2. The van der Waals surface area contributed by atoms with Crippen LogP contribution in [0.2, 0.25) is 0 Å². The monoisotopic (exact) mass is 262 g/mol. The molecule has 0 radical (unpaired) electrons. The third-order valence-corrected chi connectivity index (χ3v) is 3.45. The summed E-state index contributed by atoms with van der Waals surface area (Å²) >= 11 is 5.62. The smallest absolute Gasteiger partial charge is 0.253 e. The highest BCUT2D eigenvalue weighted by molar-refractivity contribution is 6.32. The Morgan fingerprint density at radius 2 is 2.28 bits per heavy atom. The summed E-state index contributed by atoms with van der Waals surface area (Å²) in [6.07, 6.45) is 1.79. The molecular formula is C13H11ClN2O2. The van der Waals surface area contributed by atoms with Crippen LogP contribution in [-0.2, 0) is 6.54 Å². The largest absolute Gasteiger partial charge is 0.350 e. The lowest BCUT2D eigenvalue weighted by Gasteiger charge is -2.01. The zero-order valence-electron chi connectivity index (χ0n) is 9.57. The van der Waals surface area contributed by atoms with E-state index in [0.717, 1.165) is 10.9 Å². The number of nitrogens with zero attached hydrogens (tertiary/aromatic N) is 1. The molecule has 0 atom stereocenters. The molecule has 1 N–H and O–H groups in total. The fraction of sp³-hybridized carbons (Fsp3) is 0.231. The number of amides is 1. The van der Waals surface area contributed by atoms with Gasteiger partial charge in [-0.05, 0) is 6.07 Å². The molecule has 4 nitrogen and oxygen atoms in total. The van der Waals surface area contributed by atoms with Crippen molar-refractivity contribution in [3.63, 3.8) is 0 Å². The summed E-state index contributed by atoms with van der Waals surface area (Å²) < 4.78 is 1.95. The van der Waals surface area contributed by atoms with Crippen LogP contribution in [0.1, 0.15) is 20.7 Å². The summed E-state index contributed by atoms with van der Waals surface area (Å²) in [6, 6.07) is 5.42. The molecule has 1 amide bonds. The number of nitrogens with one attached hydrogen (secondary N) is 1. The Bertz CT molecular complexity index is 660. The van der Waals surface area contributed by atoms with Gasteiger partial charge in [-0.2, -0.15) is 0 Å². The molecule has 1 aliphatic rings. The van der Waals surface area contributed by atoms with Crippen LogP contribution in [0, 0.1) is 0 Å². The van der Waals surface area contributed by atoms with E-state index < -0.39 is 0 Å². The molecule has 5 heteroatoms. The summed E-state index contributed by atoms with van der Waals surface area (Å²) in [4.78, 5) is 23.7. The van der Waals surface area contributed by atoms with E-state index in [2.05, 4.69) is 5.32 Å². The fourth-order valence-corrected chi connectivity index (χ4v) is 2.54. The van der Waals surface area contributed by atoms with Crippen molar-refractivity contribution in [2.45, 2.75) is 6.54 Å². The maximum absolute atomic E-state index is 11.9. The van der Waals surface area contributed by atoms with Crippen LogP contribution in [0.3, 0.4) is 0 Å². The summed E-state index contributed by atoms with van der Waals surface area (Å²) in [6.45, 7) is 1.22. The molecule has 0 bridgehead atoms. The number of Topliss-reactive ketones (excluding diaryl/α,β-unsaturated/α-hetero) is 1. The normalized spacial score (nSPS) is 14.4. The number of carbonyl (C=O) groups excluding carboxylic acids is 2. The zero-order chi connectivity index (χ0) is 12.7. The second kappa shape index (κ2) is 4.14. The molecule has 0 saturated heterocycles. The average molecular weight is 263 g/mol. The number of alkyl halides is 1. The lowest BCUT2D eigenvalue weighted by atomic mass is 10.1. The molecule has 2 heterocycles. The summed E-state index contributed by atoms with van der Waals surface area (Å²) in [5, 5.41) is 3.63. The van der Waals surface area contributed by atoms with Crippen LogP contribution in [0.25, 0.3) is 10.9 Å². The van der Waals surface area contributed by atoms with E-state index >= 15 is 0 Å². The van der Waals surface area contributed by atoms with Crippen molar-refractivity contribution in [1.82, 2.24) is 9.88 Å². The van der Waals surface area contributed by atoms with Gasteiger partial charge < -0.3 is 9.88 Å². The van der Waals surface area contributed by atoms with Crippen molar-refractivity contribution in [3.05, 3.63) is 35.5 Å². The lowest BCUT2D eigenvalue weighted by Crippen LogP contribution is -2.24. The van der Waals surface area contributed by atoms with E-state index in [9.17, 15) is 9.59 Å². The number of rotatable bonds is 2. The molecular weight excluding hydrogens is 252 g/mol. The minimum atomic E-state index is -0.112. The standard InChI is InChI=1S/C13H11ClN2O2/c14-6-11(17)10-7-16-5-4-15-13(18)9-3-1-2-8(10)12(9)16/h1-3,7H,4-6H2,(H,15,18). The molecule has 0 unspecified atom stereocenters.